The van der Waals surface area contributed by atoms with Gasteiger partial charge in [-0.05, 0) is 38.0 Å². The Labute approximate surface area is 328 Å². The highest BCUT2D eigenvalue weighted by Gasteiger charge is 2.65. The van der Waals surface area contributed by atoms with E-state index in [2.05, 4.69) is 5.32 Å². The molecule has 0 radical (unpaired) electrons. The summed E-state index contributed by atoms with van der Waals surface area (Å²) in [7, 11) is 1.38. The van der Waals surface area contributed by atoms with Crippen LogP contribution >= 0.6 is 11.6 Å². The van der Waals surface area contributed by atoms with Crippen molar-refractivity contribution in [1.82, 2.24) is 5.32 Å². The quantitative estimate of drug-likeness (QED) is 0.0920. The summed E-state index contributed by atoms with van der Waals surface area (Å²) in [5, 5.41) is 47.0. The maximum absolute atomic E-state index is 14.9. The number of nitrogens with two attached hydrogens (primary N) is 2. The molecule has 1 aromatic carbocycles. The number of anilines is 2. The minimum Gasteiger partial charge on any atom is -0.458 e. The number of carbonyl (C=O) groups excluding carboxylic acids is 4. The molecule has 4 bridgehead atoms. The van der Waals surface area contributed by atoms with E-state index in [4.69, 9.17) is 51.5 Å². The lowest BCUT2D eigenvalue weighted by molar-refractivity contribution is -0.227. The maximum atomic E-state index is 14.9. The van der Waals surface area contributed by atoms with Gasteiger partial charge in [-0.25, -0.2) is 9.59 Å². The van der Waals surface area contributed by atoms with E-state index >= 15 is 0 Å². The van der Waals surface area contributed by atoms with Crippen LogP contribution < -0.4 is 21.7 Å². The molecular weight excluding hydrogens is 760 g/mol. The molecule has 5 rings (SSSR count). The van der Waals surface area contributed by atoms with Crippen molar-refractivity contribution in [3.05, 3.63) is 46.5 Å². The fourth-order valence-corrected chi connectivity index (χ4v) is 7.72. The Hall–Kier alpha value is -4.01. The monoisotopic (exact) mass is 810 g/mol. The SMILES string of the molecule is CO[C@@H]1/C=C/C=C(\C)Cc2cc(N)c(Cl)c(c2)N([C@@H]2O[C@H](CO)[C@@H](OC(N)=O)[C@H](O)[C@H]2O)C(=O)C[C@H](OC(=O)C(C)C)[C@]2(C)O[C@H]2[C@H](C)[C@@H]2C[C@@]1(O)NC(=O)O2. The van der Waals surface area contributed by atoms with Gasteiger partial charge in [0.05, 0.1) is 41.4 Å². The lowest BCUT2D eigenvalue weighted by Crippen LogP contribution is -2.65. The first-order valence-corrected chi connectivity index (χ1v) is 18.6. The van der Waals surface area contributed by atoms with Crippen molar-refractivity contribution in [3.8, 4) is 0 Å². The third-order valence-corrected chi connectivity index (χ3v) is 11.1. The second-order valence-corrected chi connectivity index (χ2v) is 15.6. The summed E-state index contributed by atoms with van der Waals surface area (Å²) < 4.78 is 34.3. The third kappa shape index (κ3) is 8.77. The number of methoxy groups -OCH3 is 1. The van der Waals surface area contributed by atoms with Crippen molar-refractivity contribution < 1.29 is 68.0 Å². The number of rotatable bonds is 6. The van der Waals surface area contributed by atoms with E-state index in [1.165, 1.54) is 13.2 Å². The van der Waals surface area contributed by atoms with E-state index in [-0.39, 0.29) is 29.2 Å². The van der Waals surface area contributed by atoms with Crippen LogP contribution in [-0.2, 0) is 44.4 Å². The van der Waals surface area contributed by atoms with Crippen LogP contribution in [0.3, 0.4) is 0 Å². The molecule has 310 valence electrons. The number of fused-ring (bicyclic) bond motifs is 5. The first kappa shape index (κ1) is 43.1. The third-order valence-electron chi connectivity index (χ3n) is 10.7. The van der Waals surface area contributed by atoms with Gasteiger partial charge in [0.2, 0.25) is 5.91 Å². The van der Waals surface area contributed by atoms with Crippen LogP contribution in [0.4, 0.5) is 21.0 Å². The minimum atomic E-state index is -1.99. The van der Waals surface area contributed by atoms with E-state index in [9.17, 15) is 39.6 Å². The van der Waals surface area contributed by atoms with Gasteiger partial charge in [-0.15, -0.1) is 0 Å². The van der Waals surface area contributed by atoms with E-state index < -0.39 is 115 Å². The summed E-state index contributed by atoms with van der Waals surface area (Å²) >= 11 is 6.80. The zero-order valence-electron chi connectivity index (χ0n) is 31.9. The van der Waals surface area contributed by atoms with Crippen LogP contribution in [0.1, 0.15) is 53.0 Å². The Morgan fingerprint density at radius 2 is 1.88 bits per heavy atom. The Balaban J connectivity index is 1.67. The zero-order chi connectivity index (χ0) is 41.4. The number of hydrogen-bond donors (Lipinski definition) is 7. The molecule has 19 heteroatoms. The molecule has 0 spiro atoms. The number of aliphatic hydroxyl groups is 4. The lowest BCUT2D eigenvalue weighted by Gasteiger charge is -2.45. The second-order valence-electron chi connectivity index (χ2n) is 15.2. The van der Waals surface area contributed by atoms with Crippen molar-refractivity contribution >= 4 is 47.0 Å². The molecule has 56 heavy (non-hydrogen) atoms. The topological polar surface area (TPSA) is 275 Å². The number of nitrogen functional groups attached to an aromatic ring is 1. The molecule has 1 aromatic rings. The Kier molecular flexibility index (Phi) is 13.0. The van der Waals surface area contributed by atoms with E-state index in [1.807, 2.05) is 0 Å². The molecular formula is C37H51ClN4O14. The highest BCUT2D eigenvalue weighted by molar-refractivity contribution is 6.36. The summed E-state index contributed by atoms with van der Waals surface area (Å²) in [5.41, 5.74) is 9.58. The van der Waals surface area contributed by atoms with Crippen LogP contribution in [0, 0.1) is 11.8 Å². The molecule has 0 unspecified atom stereocenters. The fraction of sp³-hybridized carbons (Fsp3) is 0.622. The number of aliphatic hydroxyl groups excluding tert-OH is 3. The van der Waals surface area contributed by atoms with Crippen molar-refractivity contribution in [2.24, 2.45) is 17.6 Å². The summed E-state index contributed by atoms with van der Waals surface area (Å²) in [6.45, 7) is 7.51. The minimum absolute atomic E-state index is 0.0320. The Morgan fingerprint density at radius 1 is 1.18 bits per heavy atom. The molecule has 3 fully saturated rings. The predicted molar refractivity (Wildman–Crippen MR) is 198 cm³/mol. The predicted octanol–water partition coefficient (Wildman–Crippen LogP) is 1.17. The first-order chi connectivity index (χ1) is 26.2. The van der Waals surface area contributed by atoms with Gasteiger partial charge in [0.25, 0.3) is 0 Å². The number of benzene rings is 1. The second kappa shape index (κ2) is 16.8. The normalized spacial score (nSPS) is 38.0. The number of nitrogens with one attached hydrogen (secondary N) is 1. The van der Waals surface area contributed by atoms with Crippen LogP contribution in [-0.4, -0.2) is 125 Å². The molecule has 0 aromatic heterocycles. The summed E-state index contributed by atoms with van der Waals surface area (Å²) in [6.07, 6.45) is -10.6. The molecule has 3 saturated heterocycles. The summed E-state index contributed by atoms with van der Waals surface area (Å²) in [6, 6.07) is 3.11. The fourth-order valence-electron chi connectivity index (χ4n) is 7.52. The van der Waals surface area contributed by atoms with Gasteiger partial charge in [0.1, 0.15) is 42.2 Å². The molecule has 12 atom stereocenters. The van der Waals surface area contributed by atoms with Crippen molar-refractivity contribution in [2.45, 2.75) is 120 Å². The number of esters is 1. The van der Waals surface area contributed by atoms with Gasteiger partial charge in [0.15, 0.2) is 18.1 Å². The Bertz CT molecular complexity index is 1740. The number of alkyl carbamates (subject to hydrolysis) is 1. The lowest BCUT2D eigenvalue weighted by atomic mass is 9.83. The van der Waals surface area contributed by atoms with Gasteiger partial charge in [0, 0.05) is 19.4 Å². The maximum Gasteiger partial charge on any atom is 0.409 e. The Morgan fingerprint density at radius 3 is 2.50 bits per heavy atom. The number of ether oxygens (including phenoxy) is 6. The van der Waals surface area contributed by atoms with Crippen LogP contribution in [0.5, 0.6) is 0 Å². The number of hydrogen-bond acceptors (Lipinski definition) is 15. The number of amides is 3. The van der Waals surface area contributed by atoms with Gasteiger partial charge in [-0.3, -0.25) is 19.8 Å². The van der Waals surface area contributed by atoms with Gasteiger partial charge in [-0.1, -0.05) is 56.2 Å². The van der Waals surface area contributed by atoms with Crippen molar-refractivity contribution in [1.29, 1.82) is 0 Å². The standard InChI is InChI=1S/C37H51ClN4O14/c1-16(2)33(47)54-25-13-26(44)42(32-29(46)28(45)30(55-34(40)48)23(15-43)52-32)21-12-19(11-20(39)27(21)38)10-17(3)8-7-9-24(51-6)37(50)14-22(53-35(49)41-37)18(4)31-36(25,5)56-31/h7-9,11-12,16,18,22-25,28-32,43,45-46,50H,10,13-15,39H2,1-6H3,(H2,40,48)(H,41,49)/b9-7+,17-8+/t18-,22+,23-,24-,25+,28-,29-,30-,31+,32-,36+,37+/m1/s1. The molecule has 4 heterocycles. The molecule has 0 aliphatic carbocycles. The molecule has 4 aliphatic rings. The highest BCUT2D eigenvalue weighted by atomic mass is 35.5. The largest absolute Gasteiger partial charge is 0.458 e. The van der Waals surface area contributed by atoms with Gasteiger partial charge >= 0.3 is 18.2 Å². The van der Waals surface area contributed by atoms with Gasteiger partial charge < -0.3 is 60.3 Å². The number of halogens is 1. The number of primary amides is 1. The zero-order valence-corrected chi connectivity index (χ0v) is 32.7. The molecule has 18 nitrogen and oxygen atoms in total. The number of allylic oxidation sites excluding steroid dienone is 3. The molecule has 4 aliphatic heterocycles. The first-order valence-electron chi connectivity index (χ1n) is 18.2. The summed E-state index contributed by atoms with van der Waals surface area (Å²) in [5.74, 6) is -2.79. The average Bonchev–Trinajstić information content (AvgIpc) is 3.82. The van der Waals surface area contributed by atoms with Gasteiger partial charge in [-0.2, -0.15) is 0 Å². The molecule has 9 N–H and O–H groups in total. The summed E-state index contributed by atoms with van der Waals surface area (Å²) in [4.78, 5) is 53.5. The van der Waals surface area contributed by atoms with E-state index in [0.29, 0.717) is 5.56 Å². The van der Waals surface area contributed by atoms with Crippen LogP contribution in [0.25, 0.3) is 0 Å². The molecule has 3 amide bonds. The highest BCUT2D eigenvalue weighted by Crippen LogP contribution is 2.49. The van der Waals surface area contributed by atoms with E-state index in [1.54, 1.807) is 58.9 Å². The molecule has 0 saturated carbocycles. The van der Waals surface area contributed by atoms with Crippen LogP contribution in [0.2, 0.25) is 5.02 Å². The average molecular weight is 811 g/mol. The van der Waals surface area contributed by atoms with Crippen molar-refractivity contribution in [2.75, 3.05) is 24.4 Å². The van der Waals surface area contributed by atoms with Crippen molar-refractivity contribution in [3.63, 3.8) is 0 Å². The van der Waals surface area contributed by atoms with Crippen LogP contribution in [0.15, 0.2) is 35.9 Å². The smallest absolute Gasteiger partial charge is 0.409 e. The number of nitrogens with zero attached hydrogens (tertiary/aromatic N) is 1. The van der Waals surface area contributed by atoms with E-state index in [0.717, 1.165) is 10.5 Å². The number of epoxide rings is 1. The number of carbonyl (C=O) groups is 4.